The molecule has 0 N–H and O–H groups in total. The monoisotopic (exact) mass is 329 g/mol. The maximum Gasteiger partial charge on any atom is 0.0498 e. The Hall–Kier alpha value is -2.51. The molecule has 116 valence electrons. The van der Waals surface area contributed by atoms with Gasteiger partial charge in [-0.25, -0.2) is 0 Å². The van der Waals surface area contributed by atoms with E-state index < -0.39 is 0 Å². The smallest absolute Gasteiger partial charge is 0.0498 e. The molecule has 0 radical (unpaired) electrons. The number of benzene rings is 4. The summed E-state index contributed by atoms with van der Waals surface area (Å²) in [5.74, 6) is 0.615. The fraction of sp³-hybridized carbons (Fsp3) is 0.0909. The van der Waals surface area contributed by atoms with E-state index in [0.717, 1.165) is 6.54 Å². The Labute approximate surface area is 145 Å². The summed E-state index contributed by atoms with van der Waals surface area (Å²) in [6.45, 7) is 0.824. The zero-order valence-electron chi connectivity index (χ0n) is 13.2. The van der Waals surface area contributed by atoms with Crippen molar-refractivity contribution in [3.63, 3.8) is 0 Å². The van der Waals surface area contributed by atoms with Crippen LogP contribution >= 0.6 is 11.6 Å². The van der Waals surface area contributed by atoms with Gasteiger partial charge in [-0.3, -0.25) is 0 Å². The van der Waals surface area contributed by atoms with Crippen LogP contribution in [0.4, 0.5) is 0 Å². The van der Waals surface area contributed by atoms with E-state index in [9.17, 15) is 0 Å². The fourth-order valence-corrected chi connectivity index (χ4v) is 4.05. The highest BCUT2D eigenvalue weighted by Crippen LogP contribution is 2.36. The van der Waals surface area contributed by atoms with E-state index in [1.54, 1.807) is 0 Å². The van der Waals surface area contributed by atoms with Crippen LogP contribution < -0.4 is 0 Å². The van der Waals surface area contributed by atoms with Gasteiger partial charge in [0.05, 0.1) is 0 Å². The van der Waals surface area contributed by atoms with Crippen LogP contribution in [0.1, 0.15) is 0 Å². The van der Waals surface area contributed by atoms with E-state index in [1.165, 1.54) is 43.4 Å². The molecule has 24 heavy (non-hydrogen) atoms. The summed E-state index contributed by atoms with van der Waals surface area (Å²) in [6, 6.07) is 26.3. The summed E-state index contributed by atoms with van der Waals surface area (Å²) in [6.07, 6.45) is 0. The molecular formula is C22H16ClN. The molecule has 5 aromatic rings. The predicted octanol–water partition coefficient (Wildman–Crippen LogP) is 6.34. The Morgan fingerprint density at radius 1 is 0.667 bits per heavy atom. The average molecular weight is 330 g/mol. The van der Waals surface area contributed by atoms with Crippen molar-refractivity contribution in [1.82, 2.24) is 4.57 Å². The zero-order valence-corrected chi connectivity index (χ0v) is 13.9. The van der Waals surface area contributed by atoms with E-state index in [0.29, 0.717) is 5.88 Å². The molecule has 0 saturated heterocycles. The molecule has 0 amide bonds. The quantitative estimate of drug-likeness (QED) is 0.263. The van der Waals surface area contributed by atoms with E-state index in [1.807, 2.05) is 0 Å². The SMILES string of the molecule is ClCCn1c2ccccc2c2c3cc4ccccc4cc3ccc21. The Balaban J connectivity index is 2.03. The molecule has 1 aromatic heterocycles. The number of para-hydroxylation sites is 1. The number of nitrogens with zero attached hydrogens (tertiary/aromatic N) is 1. The molecule has 0 fully saturated rings. The first-order valence-corrected chi connectivity index (χ1v) is 8.79. The number of halogens is 1. The first-order chi connectivity index (χ1) is 11.9. The van der Waals surface area contributed by atoms with Crippen LogP contribution in [0, 0.1) is 0 Å². The zero-order chi connectivity index (χ0) is 16.1. The molecule has 0 aliphatic heterocycles. The number of alkyl halides is 1. The minimum Gasteiger partial charge on any atom is -0.339 e. The van der Waals surface area contributed by atoms with Gasteiger partial charge in [0.15, 0.2) is 0 Å². The molecule has 0 aliphatic carbocycles. The molecule has 0 unspecified atom stereocenters. The van der Waals surface area contributed by atoms with E-state index in [4.69, 9.17) is 11.6 Å². The molecule has 0 saturated carbocycles. The molecule has 0 spiro atoms. The van der Waals surface area contributed by atoms with Crippen LogP contribution in [-0.2, 0) is 6.54 Å². The number of hydrogen-bond donors (Lipinski definition) is 0. The molecule has 0 bridgehead atoms. The standard InChI is InChI=1S/C22H16ClN/c23-11-12-24-20-8-4-3-7-18(20)22-19-14-16-6-2-1-5-15(16)13-17(19)9-10-21(22)24/h1-10,13-14H,11-12H2. The Kier molecular flexibility index (Phi) is 3.04. The lowest BCUT2D eigenvalue weighted by atomic mass is 9.99. The largest absolute Gasteiger partial charge is 0.339 e. The normalized spacial score (nSPS) is 11.9. The lowest BCUT2D eigenvalue weighted by molar-refractivity contribution is 0.834. The number of aromatic nitrogens is 1. The highest BCUT2D eigenvalue weighted by atomic mass is 35.5. The van der Waals surface area contributed by atoms with Gasteiger partial charge in [-0.2, -0.15) is 0 Å². The van der Waals surface area contributed by atoms with Crippen molar-refractivity contribution in [2.24, 2.45) is 0 Å². The van der Waals surface area contributed by atoms with Crippen LogP contribution in [0.15, 0.2) is 72.8 Å². The molecule has 5 rings (SSSR count). The van der Waals surface area contributed by atoms with Crippen LogP contribution in [0.25, 0.3) is 43.4 Å². The first kappa shape index (κ1) is 13.9. The summed E-state index contributed by atoms with van der Waals surface area (Å²) in [5.41, 5.74) is 2.52. The Bertz CT molecular complexity index is 1220. The molecule has 1 heterocycles. The van der Waals surface area contributed by atoms with Crippen LogP contribution in [0.3, 0.4) is 0 Å². The predicted molar refractivity (Wildman–Crippen MR) is 105 cm³/mol. The van der Waals surface area contributed by atoms with Crippen molar-refractivity contribution in [3.05, 3.63) is 72.8 Å². The average Bonchev–Trinajstić information content (AvgIpc) is 2.95. The van der Waals surface area contributed by atoms with E-state index in [-0.39, 0.29) is 0 Å². The Morgan fingerprint density at radius 2 is 1.42 bits per heavy atom. The highest BCUT2D eigenvalue weighted by molar-refractivity contribution is 6.22. The third kappa shape index (κ3) is 1.88. The van der Waals surface area contributed by atoms with Gasteiger partial charge in [-0.05, 0) is 45.8 Å². The second kappa shape index (κ2) is 5.25. The van der Waals surface area contributed by atoms with Crippen LogP contribution in [0.2, 0.25) is 0 Å². The van der Waals surface area contributed by atoms with E-state index in [2.05, 4.69) is 77.4 Å². The fourth-order valence-electron chi connectivity index (χ4n) is 3.89. The summed E-state index contributed by atoms with van der Waals surface area (Å²) in [5, 5.41) is 7.81. The first-order valence-electron chi connectivity index (χ1n) is 8.25. The summed E-state index contributed by atoms with van der Waals surface area (Å²) < 4.78 is 2.34. The molecule has 0 aliphatic rings. The highest BCUT2D eigenvalue weighted by Gasteiger charge is 2.13. The van der Waals surface area contributed by atoms with Gasteiger partial charge >= 0.3 is 0 Å². The summed E-state index contributed by atoms with van der Waals surface area (Å²) >= 11 is 6.07. The third-order valence-electron chi connectivity index (χ3n) is 4.93. The molecule has 1 nitrogen and oxygen atoms in total. The Morgan fingerprint density at radius 3 is 2.25 bits per heavy atom. The van der Waals surface area contributed by atoms with Gasteiger partial charge in [0, 0.05) is 34.2 Å². The second-order valence-electron chi connectivity index (χ2n) is 6.24. The maximum atomic E-state index is 6.07. The second-order valence-corrected chi connectivity index (χ2v) is 6.62. The molecular weight excluding hydrogens is 314 g/mol. The van der Waals surface area contributed by atoms with Gasteiger partial charge in [-0.15, -0.1) is 11.6 Å². The lowest BCUT2D eigenvalue weighted by Crippen LogP contribution is -1.98. The number of hydrogen-bond acceptors (Lipinski definition) is 0. The molecule has 4 aromatic carbocycles. The summed E-state index contributed by atoms with van der Waals surface area (Å²) in [4.78, 5) is 0. The van der Waals surface area contributed by atoms with Crippen molar-refractivity contribution in [3.8, 4) is 0 Å². The van der Waals surface area contributed by atoms with Crippen LogP contribution in [0.5, 0.6) is 0 Å². The van der Waals surface area contributed by atoms with Crippen LogP contribution in [-0.4, -0.2) is 10.4 Å². The summed E-state index contributed by atoms with van der Waals surface area (Å²) in [7, 11) is 0. The van der Waals surface area contributed by atoms with Gasteiger partial charge in [0.2, 0.25) is 0 Å². The third-order valence-corrected chi connectivity index (χ3v) is 5.10. The van der Waals surface area contributed by atoms with Gasteiger partial charge in [-0.1, -0.05) is 48.5 Å². The maximum absolute atomic E-state index is 6.07. The number of aryl methyl sites for hydroxylation is 1. The molecule has 2 heteroatoms. The number of rotatable bonds is 2. The molecule has 0 atom stereocenters. The van der Waals surface area contributed by atoms with Crippen molar-refractivity contribution in [1.29, 1.82) is 0 Å². The minimum atomic E-state index is 0.615. The minimum absolute atomic E-state index is 0.615. The number of fused-ring (bicyclic) bond motifs is 6. The van der Waals surface area contributed by atoms with Gasteiger partial charge in [0.1, 0.15) is 0 Å². The topological polar surface area (TPSA) is 4.93 Å². The van der Waals surface area contributed by atoms with Crippen molar-refractivity contribution in [2.45, 2.75) is 6.54 Å². The van der Waals surface area contributed by atoms with Gasteiger partial charge < -0.3 is 4.57 Å². The van der Waals surface area contributed by atoms with E-state index >= 15 is 0 Å². The van der Waals surface area contributed by atoms with Gasteiger partial charge in [0.25, 0.3) is 0 Å². The lowest BCUT2D eigenvalue weighted by Gasteiger charge is -2.07. The van der Waals surface area contributed by atoms with Crippen molar-refractivity contribution >= 4 is 55.0 Å². The van der Waals surface area contributed by atoms with Crippen molar-refractivity contribution < 1.29 is 0 Å². The van der Waals surface area contributed by atoms with Crippen molar-refractivity contribution in [2.75, 3.05) is 5.88 Å².